The first-order valence-electron chi connectivity index (χ1n) is 6.74. The zero-order valence-corrected chi connectivity index (χ0v) is 11.6. The maximum Gasteiger partial charge on any atom is 0.176 e. The number of halogens is 1. The fourth-order valence-corrected chi connectivity index (χ4v) is 2.55. The number of carbonyl (C=O) groups excluding carboxylic acids is 1. The second kappa shape index (κ2) is 6.26. The van der Waals surface area contributed by atoms with Crippen LogP contribution in [-0.2, 0) is 0 Å². The van der Waals surface area contributed by atoms with Gasteiger partial charge in [-0.25, -0.2) is 4.39 Å². The maximum atomic E-state index is 13.1. The van der Waals surface area contributed by atoms with Crippen LogP contribution in [0.1, 0.15) is 23.2 Å². The first kappa shape index (κ1) is 14.2. The van der Waals surface area contributed by atoms with Gasteiger partial charge in [0.25, 0.3) is 0 Å². The Balaban J connectivity index is 1.95. The Bertz CT molecular complexity index is 448. The Morgan fingerprint density at radius 2 is 2.26 bits per heavy atom. The number of nitrogens with zero attached hydrogens (tertiary/aromatic N) is 2. The number of Topliss-reactive ketones (excluding diaryl/α,β-unsaturated/α-hetero) is 1. The van der Waals surface area contributed by atoms with E-state index < -0.39 is 0 Å². The van der Waals surface area contributed by atoms with Crippen molar-refractivity contribution in [1.82, 2.24) is 9.80 Å². The molecule has 1 heterocycles. The van der Waals surface area contributed by atoms with Gasteiger partial charge in [-0.3, -0.25) is 9.69 Å². The zero-order chi connectivity index (χ0) is 13.8. The molecule has 1 saturated heterocycles. The molecule has 0 bridgehead atoms. The van der Waals surface area contributed by atoms with Crippen LogP contribution in [0.5, 0.6) is 0 Å². The van der Waals surface area contributed by atoms with E-state index >= 15 is 0 Å². The average Bonchev–Trinajstić information content (AvgIpc) is 2.39. The Kier molecular flexibility index (Phi) is 4.66. The van der Waals surface area contributed by atoms with E-state index in [1.165, 1.54) is 18.6 Å². The number of carbonyl (C=O) groups is 1. The summed E-state index contributed by atoms with van der Waals surface area (Å²) in [5.74, 6) is -0.352. The first-order chi connectivity index (χ1) is 9.06. The SMILES string of the molecule is CN(C)C1CCCN(CC(=O)c2cccc(F)c2)C1. The Morgan fingerprint density at radius 1 is 1.47 bits per heavy atom. The van der Waals surface area contributed by atoms with Gasteiger partial charge in [-0.15, -0.1) is 0 Å². The van der Waals surface area contributed by atoms with Gasteiger partial charge in [0.05, 0.1) is 6.54 Å². The van der Waals surface area contributed by atoms with E-state index in [-0.39, 0.29) is 11.6 Å². The van der Waals surface area contributed by atoms with Gasteiger partial charge >= 0.3 is 0 Å². The zero-order valence-electron chi connectivity index (χ0n) is 11.6. The minimum absolute atomic E-state index is 0.00101. The molecule has 0 aromatic heterocycles. The summed E-state index contributed by atoms with van der Waals surface area (Å²) in [7, 11) is 4.14. The van der Waals surface area contributed by atoms with Crippen LogP contribution >= 0.6 is 0 Å². The second-order valence-electron chi connectivity index (χ2n) is 5.43. The summed E-state index contributed by atoms with van der Waals surface area (Å²) in [5, 5.41) is 0. The molecule has 1 unspecified atom stereocenters. The molecule has 1 fully saturated rings. The molecule has 1 aromatic carbocycles. The predicted molar refractivity (Wildman–Crippen MR) is 73.9 cm³/mol. The minimum atomic E-state index is -0.351. The van der Waals surface area contributed by atoms with E-state index in [0.717, 1.165) is 19.5 Å². The number of likely N-dealkylation sites (N-methyl/N-ethyl adjacent to an activating group) is 1. The van der Waals surface area contributed by atoms with Crippen LogP contribution in [0, 0.1) is 5.82 Å². The molecule has 1 aliphatic heterocycles. The van der Waals surface area contributed by atoms with Crippen molar-refractivity contribution in [3.63, 3.8) is 0 Å². The number of likely N-dealkylation sites (tertiary alicyclic amines) is 1. The van der Waals surface area contributed by atoms with Crippen LogP contribution in [0.2, 0.25) is 0 Å². The molecule has 104 valence electrons. The lowest BCUT2D eigenvalue weighted by Gasteiger charge is -2.35. The lowest BCUT2D eigenvalue weighted by atomic mass is 10.0. The monoisotopic (exact) mass is 264 g/mol. The average molecular weight is 264 g/mol. The topological polar surface area (TPSA) is 23.6 Å². The highest BCUT2D eigenvalue weighted by atomic mass is 19.1. The van der Waals surface area contributed by atoms with E-state index in [1.54, 1.807) is 12.1 Å². The van der Waals surface area contributed by atoms with Crippen LogP contribution < -0.4 is 0 Å². The summed E-state index contributed by atoms with van der Waals surface area (Å²) in [6, 6.07) is 6.45. The number of ketones is 1. The quantitative estimate of drug-likeness (QED) is 0.778. The van der Waals surface area contributed by atoms with Crippen molar-refractivity contribution in [3.8, 4) is 0 Å². The van der Waals surface area contributed by atoms with Crippen LogP contribution in [0.3, 0.4) is 0 Å². The third-order valence-electron chi connectivity index (χ3n) is 3.72. The molecule has 0 N–H and O–H groups in total. The van der Waals surface area contributed by atoms with Crippen LogP contribution in [0.4, 0.5) is 4.39 Å². The Morgan fingerprint density at radius 3 is 2.95 bits per heavy atom. The van der Waals surface area contributed by atoms with Gasteiger partial charge in [0, 0.05) is 18.2 Å². The smallest absolute Gasteiger partial charge is 0.176 e. The molecule has 1 aromatic rings. The molecule has 19 heavy (non-hydrogen) atoms. The largest absolute Gasteiger partial charge is 0.305 e. The molecule has 2 rings (SSSR count). The standard InChI is InChI=1S/C15H21FN2O/c1-17(2)14-7-4-8-18(10-14)11-15(19)12-5-3-6-13(16)9-12/h3,5-6,9,14H,4,7-8,10-11H2,1-2H3. The summed E-state index contributed by atoms with van der Waals surface area (Å²) in [6.45, 7) is 2.24. The maximum absolute atomic E-state index is 13.1. The third-order valence-corrected chi connectivity index (χ3v) is 3.72. The molecule has 1 aliphatic rings. The molecular weight excluding hydrogens is 243 g/mol. The van der Waals surface area contributed by atoms with Crippen LogP contribution in [0.25, 0.3) is 0 Å². The van der Waals surface area contributed by atoms with Gasteiger partial charge in [0.15, 0.2) is 5.78 Å². The van der Waals surface area contributed by atoms with E-state index in [0.29, 0.717) is 18.2 Å². The molecular formula is C15H21FN2O. The minimum Gasteiger partial charge on any atom is -0.305 e. The molecule has 0 spiro atoms. The fourth-order valence-electron chi connectivity index (χ4n) is 2.55. The first-order valence-corrected chi connectivity index (χ1v) is 6.74. The van der Waals surface area contributed by atoms with E-state index in [1.807, 2.05) is 0 Å². The summed E-state index contributed by atoms with van der Waals surface area (Å²) >= 11 is 0. The lowest BCUT2D eigenvalue weighted by Crippen LogP contribution is -2.46. The predicted octanol–water partition coefficient (Wildman–Crippen LogP) is 2.03. The number of benzene rings is 1. The highest BCUT2D eigenvalue weighted by Crippen LogP contribution is 2.14. The molecule has 0 radical (unpaired) electrons. The van der Waals surface area contributed by atoms with Crippen molar-refractivity contribution in [2.75, 3.05) is 33.7 Å². The molecule has 4 heteroatoms. The van der Waals surface area contributed by atoms with Gasteiger partial charge in [0.1, 0.15) is 5.82 Å². The van der Waals surface area contributed by atoms with Gasteiger partial charge in [-0.05, 0) is 45.6 Å². The molecule has 0 aliphatic carbocycles. The molecule has 3 nitrogen and oxygen atoms in total. The number of rotatable bonds is 4. The molecule has 1 atom stereocenters. The van der Waals surface area contributed by atoms with Crippen molar-refractivity contribution in [2.24, 2.45) is 0 Å². The molecule has 0 amide bonds. The van der Waals surface area contributed by atoms with E-state index in [9.17, 15) is 9.18 Å². The van der Waals surface area contributed by atoms with Crippen LogP contribution in [0.15, 0.2) is 24.3 Å². The van der Waals surface area contributed by atoms with Gasteiger partial charge < -0.3 is 4.90 Å². The van der Waals surface area contributed by atoms with Crippen molar-refractivity contribution < 1.29 is 9.18 Å². The Labute approximate surface area is 114 Å². The number of piperidine rings is 1. The summed E-state index contributed by atoms with van der Waals surface area (Å²) < 4.78 is 13.1. The van der Waals surface area contributed by atoms with Crippen molar-refractivity contribution >= 4 is 5.78 Å². The lowest BCUT2D eigenvalue weighted by molar-refractivity contribution is 0.0852. The van der Waals surface area contributed by atoms with Gasteiger partial charge in [-0.2, -0.15) is 0 Å². The highest BCUT2D eigenvalue weighted by Gasteiger charge is 2.23. The fraction of sp³-hybridized carbons (Fsp3) is 0.533. The molecule has 0 saturated carbocycles. The van der Waals surface area contributed by atoms with E-state index in [2.05, 4.69) is 23.9 Å². The number of hydrogen-bond acceptors (Lipinski definition) is 3. The summed E-state index contributed by atoms with van der Waals surface area (Å²) in [5.41, 5.74) is 0.465. The van der Waals surface area contributed by atoms with Crippen molar-refractivity contribution in [3.05, 3.63) is 35.6 Å². The summed E-state index contributed by atoms with van der Waals surface area (Å²) in [6.07, 6.45) is 2.29. The number of hydrogen-bond donors (Lipinski definition) is 0. The second-order valence-corrected chi connectivity index (χ2v) is 5.43. The van der Waals surface area contributed by atoms with Gasteiger partial charge in [0.2, 0.25) is 0 Å². The van der Waals surface area contributed by atoms with Crippen LogP contribution in [-0.4, -0.2) is 55.4 Å². The van der Waals surface area contributed by atoms with E-state index in [4.69, 9.17) is 0 Å². The van der Waals surface area contributed by atoms with Gasteiger partial charge in [-0.1, -0.05) is 12.1 Å². The summed E-state index contributed by atoms with van der Waals surface area (Å²) in [4.78, 5) is 16.5. The van der Waals surface area contributed by atoms with Crippen molar-refractivity contribution in [1.29, 1.82) is 0 Å². The third kappa shape index (κ3) is 3.85. The Hall–Kier alpha value is -1.26. The highest BCUT2D eigenvalue weighted by molar-refractivity contribution is 5.97. The van der Waals surface area contributed by atoms with Crippen molar-refractivity contribution in [2.45, 2.75) is 18.9 Å². The normalized spacial score (nSPS) is 20.7.